The van der Waals surface area contributed by atoms with E-state index in [2.05, 4.69) is 4.90 Å². The summed E-state index contributed by atoms with van der Waals surface area (Å²) in [5.41, 5.74) is 1.17. The number of aliphatic hydroxyl groups is 1. The highest BCUT2D eigenvalue weighted by atomic mass is 16.5. The van der Waals surface area contributed by atoms with Gasteiger partial charge in [0, 0.05) is 6.54 Å². The molecule has 5 nitrogen and oxygen atoms in total. The fourth-order valence-corrected chi connectivity index (χ4v) is 3.80. The van der Waals surface area contributed by atoms with Crippen LogP contribution in [0.1, 0.15) is 19.3 Å². The lowest BCUT2D eigenvalue weighted by Crippen LogP contribution is -2.38. The zero-order valence-corrected chi connectivity index (χ0v) is 15.8. The summed E-state index contributed by atoms with van der Waals surface area (Å²) >= 11 is 0. The van der Waals surface area contributed by atoms with Gasteiger partial charge in [0.15, 0.2) is 0 Å². The van der Waals surface area contributed by atoms with E-state index in [0.29, 0.717) is 23.4 Å². The fourth-order valence-electron chi connectivity index (χ4n) is 3.80. The molecule has 2 heterocycles. The molecule has 1 aromatic heterocycles. The number of hydrogen-bond donors (Lipinski definition) is 1. The van der Waals surface area contributed by atoms with Crippen molar-refractivity contribution in [2.75, 3.05) is 26.2 Å². The molecule has 0 aliphatic carbocycles. The van der Waals surface area contributed by atoms with Gasteiger partial charge in [-0.2, -0.15) is 0 Å². The van der Waals surface area contributed by atoms with Crippen molar-refractivity contribution in [2.45, 2.75) is 25.4 Å². The number of benzene rings is 2. The number of aliphatic hydroxyl groups excluding tert-OH is 1. The number of rotatable bonds is 6. The molecule has 0 amide bonds. The Morgan fingerprint density at radius 1 is 1.00 bits per heavy atom. The maximum absolute atomic E-state index is 12.7. The summed E-state index contributed by atoms with van der Waals surface area (Å²) in [6.07, 6.45) is 2.99. The van der Waals surface area contributed by atoms with Crippen LogP contribution in [-0.4, -0.2) is 42.4 Å². The van der Waals surface area contributed by atoms with Crippen LogP contribution in [0.5, 0.6) is 5.75 Å². The first-order valence-corrected chi connectivity index (χ1v) is 9.87. The standard InChI is InChI=1S/C23H25NO4/c25-18(15-24-13-7-2-8-14-24)16-27-22-19-11-5-6-12-20(19)28-23(26)21(22)17-9-3-1-4-10-17/h1,3-6,9-12,18,25H,2,7-8,13-16H2. The number of hydrogen-bond acceptors (Lipinski definition) is 5. The Labute approximate surface area is 164 Å². The van der Waals surface area contributed by atoms with Gasteiger partial charge in [-0.25, -0.2) is 4.79 Å². The Bertz CT molecular complexity index is 977. The van der Waals surface area contributed by atoms with Crippen molar-refractivity contribution in [1.82, 2.24) is 4.90 Å². The van der Waals surface area contributed by atoms with Crippen LogP contribution in [0.3, 0.4) is 0 Å². The predicted molar refractivity (Wildman–Crippen MR) is 110 cm³/mol. The molecule has 1 saturated heterocycles. The average molecular weight is 379 g/mol. The molecular formula is C23H25NO4. The van der Waals surface area contributed by atoms with E-state index in [9.17, 15) is 9.90 Å². The van der Waals surface area contributed by atoms with Crippen LogP contribution in [0, 0.1) is 0 Å². The van der Waals surface area contributed by atoms with Crippen LogP contribution in [0.25, 0.3) is 22.1 Å². The second-order valence-corrected chi connectivity index (χ2v) is 7.28. The minimum Gasteiger partial charge on any atom is -0.489 e. The molecule has 146 valence electrons. The number of fused-ring (bicyclic) bond motifs is 1. The molecule has 0 bridgehead atoms. The van der Waals surface area contributed by atoms with E-state index in [1.165, 1.54) is 19.3 Å². The third-order valence-corrected chi connectivity index (χ3v) is 5.17. The minimum atomic E-state index is -0.618. The van der Waals surface area contributed by atoms with Gasteiger partial charge in [0.05, 0.1) is 5.39 Å². The molecule has 1 N–H and O–H groups in total. The van der Waals surface area contributed by atoms with Crippen molar-refractivity contribution in [2.24, 2.45) is 0 Å². The molecule has 1 unspecified atom stereocenters. The van der Waals surface area contributed by atoms with Crippen molar-refractivity contribution < 1.29 is 14.3 Å². The van der Waals surface area contributed by atoms with E-state index in [0.717, 1.165) is 24.0 Å². The van der Waals surface area contributed by atoms with Crippen LogP contribution in [0.2, 0.25) is 0 Å². The van der Waals surface area contributed by atoms with Crippen molar-refractivity contribution in [3.05, 3.63) is 65.0 Å². The summed E-state index contributed by atoms with van der Waals surface area (Å²) in [6.45, 7) is 2.75. The molecule has 1 aliphatic rings. The number of para-hydroxylation sites is 1. The number of nitrogens with zero attached hydrogens (tertiary/aromatic N) is 1. The second-order valence-electron chi connectivity index (χ2n) is 7.28. The summed E-state index contributed by atoms with van der Waals surface area (Å²) in [5.74, 6) is 0.468. The van der Waals surface area contributed by atoms with Gasteiger partial charge in [0.2, 0.25) is 0 Å². The van der Waals surface area contributed by atoms with Gasteiger partial charge >= 0.3 is 5.63 Å². The largest absolute Gasteiger partial charge is 0.489 e. The van der Waals surface area contributed by atoms with Gasteiger partial charge in [-0.3, -0.25) is 0 Å². The van der Waals surface area contributed by atoms with Crippen molar-refractivity contribution in [3.8, 4) is 16.9 Å². The van der Waals surface area contributed by atoms with Gasteiger partial charge in [-0.05, 0) is 43.6 Å². The van der Waals surface area contributed by atoms with E-state index in [-0.39, 0.29) is 6.61 Å². The summed E-state index contributed by atoms with van der Waals surface area (Å²) < 4.78 is 11.6. The lowest BCUT2D eigenvalue weighted by molar-refractivity contribution is 0.0622. The highest BCUT2D eigenvalue weighted by molar-refractivity contribution is 5.90. The highest BCUT2D eigenvalue weighted by Crippen LogP contribution is 2.34. The molecule has 0 spiro atoms. The van der Waals surface area contributed by atoms with Gasteiger partial charge in [-0.15, -0.1) is 0 Å². The lowest BCUT2D eigenvalue weighted by Gasteiger charge is -2.28. The molecule has 0 radical (unpaired) electrons. The third kappa shape index (κ3) is 4.11. The topological polar surface area (TPSA) is 62.9 Å². The van der Waals surface area contributed by atoms with Crippen LogP contribution < -0.4 is 10.4 Å². The van der Waals surface area contributed by atoms with Gasteiger partial charge in [-0.1, -0.05) is 48.9 Å². The first-order chi connectivity index (χ1) is 13.7. The Morgan fingerprint density at radius 2 is 1.71 bits per heavy atom. The molecule has 2 aromatic carbocycles. The van der Waals surface area contributed by atoms with Crippen molar-refractivity contribution in [3.63, 3.8) is 0 Å². The normalized spacial score (nSPS) is 16.2. The van der Waals surface area contributed by atoms with Gasteiger partial charge < -0.3 is 19.2 Å². The van der Waals surface area contributed by atoms with Crippen molar-refractivity contribution in [1.29, 1.82) is 0 Å². The van der Waals surface area contributed by atoms with Gasteiger partial charge in [0.25, 0.3) is 0 Å². The lowest BCUT2D eigenvalue weighted by atomic mass is 10.0. The minimum absolute atomic E-state index is 0.129. The van der Waals surface area contributed by atoms with Crippen LogP contribution in [-0.2, 0) is 0 Å². The summed E-state index contributed by atoms with van der Waals surface area (Å²) in [6, 6.07) is 16.7. The first kappa shape index (κ1) is 18.7. The Balaban J connectivity index is 1.63. The monoisotopic (exact) mass is 379 g/mol. The number of piperidine rings is 1. The molecule has 1 aliphatic heterocycles. The smallest absolute Gasteiger partial charge is 0.347 e. The average Bonchev–Trinajstić information content (AvgIpc) is 2.73. The quantitative estimate of drug-likeness (QED) is 0.662. The summed E-state index contributed by atoms with van der Waals surface area (Å²) in [4.78, 5) is 15.0. The molecule has 5 heteroatoms. The molecule has 28 heavy (non-hydrogen) atoms. The number of likely N-dealkylation sites (tertiary alicyclic amines) is 1. The van der Waals surface area contributed by atoms with Crippen LogP contribution in [0.4, 0.5) is 0 Å². The van der Waals surface area contributed by atoms with E-state index < -0.39 is 11.7 Å². The molecule has 1 atom stereocenters. The molecule has 3 aromatic rings. The molecular weight excluding hydrogens is 354 g/mol. The molecule has 1 fully saturated rings. The maximum Gasteiger partial charge on any atom is 0.347 e. The maximum atomic E-state index is 12.7. The Kier molecular flexibility index (Phi) is 5.74. The summed E-state index contributed by atoms with van der Waals surface area (Å²) in [5, 5.41) is 11.2. The van der Waals surface area contributed by atoms with E-state index in [1.807, 2.05) is 48.5 Å². The van der Waals surface area contributed by atoms with E-state index in [4.69, 9.17) is 9.15 Å². The van der Waals surface area contributed by atoms with Crippen LogP contribution in [0.15, 0.2) is 63.8 Å². The zero-order chi connectivity index (χ0) is 19.3. The zero-order valence-electron chi connectivity index (χ0n) is 15.8. The fraction of sp³-hybridized carbons (Fsp3) is 0.348. The Hall–Kier alpha value is -2.63. The molecule has 0 saturated carbocycles. The first-order valence-electron chi connectivity index (χ1n) is 9.87. The van der Waals surface area contributed by atoms with E-state index in [1.54, 1.807) is 6.07 Å². The van der Waals surface area contributed by atoms with Crippen molar-refractivity contribution >= 4 is 11.0 Å². The Morgan fingerprint density at radius 3 is 2.50 bits per heavy atom. The van der Waals surface area contributed by atoms with Crippen LogP contribution >= 0.6 is 0 Å². The second kappa shape index (κ2) is 8.59. The van der Waals surface area contributed by atoms with Gasteiger partial charge in [0.1, 0.15) is 29.6 Å². The number of β-amino-alcohol motifs (C(OH)–C–C–N with tert-alkyl or cyclic N) is 1. The number of ether oxygens (including phenoxy) is 1. The highest BCUT2D eigenvalue weighted by Gasteiger charge is 2.20. The SMILES string of the molecule is O=c1oc2ccccc2c(OCC(O)CN2CCCCC2)c1-c1ccccc1. The van der Waals surface area contributed by atoms with E-state index >= 15 is 0 Å². The summed E-state index contributed by atoms with van der Waals surface area (Å²) in [7, 11) is 0. The third-order valence-electron chi connectivity index (χ3n) is 5.17. The molecule has 4 rings (SSSR count). The predicted octanol–water partition coefficient (Wildman–Crippen LogP) is 3.69.